The van der Waals surface area contributed by atoms with Crippen LogP contribution in [0, 0.1) is 6.92 Å². The molecule has 0 aromatic carbocycles. The number of halogens is 3. The molecule has 0 aliphatic rings. The van der Waals surface area contributed by atoms with Crippen LogP contribution in [0.25, 0.3) is 0 Å². The molecule has 8 heteroatoms. The van der Waals surface area contributed by atoms with Gasteiger partial charge in [-0.15, -0.1) is 11.3 Å². The molecule has 2 aromatic heterocycles. The summed E-state index contributed by atoms with van der Waals surface area (Å²) in [6.07, 6.45) is -3.10. The predicted molar refractivity (Wildman–Crippen MR) is 81.2 cm³/mol. The van der Waals surface area contributed by atoms with E-state index in [0.29, 0.717) is 10.4 Å². The Morgan fingerprint density at radius 2 is 2.04 bits per heavy atom. The fourth-order valence-corrected chi connectivity index (χ4v) is 2.79. The van der Waals surface area contributed by atoms with Crippen molar-refractivity contribution in [1.82, 2.24) is 9.47 Å². The minimum absolute atomic E-state index is 0.128. The van der Waals surface area contributed by atoms with E-state index in [9.17, 15) is 22.8 Å². The Morgan fingerprint density at radius 1 is 1.30 bits per heavy atom. The van der Waals surface area contributed by atoms with E-state index in [2.05, 4.69) is 0 Å². The van der Waals surface area contributed by atoms with Crippen LogP contribution in [-0.4, -0.2) is 28.1 Å². The van der Waals surface area contributed by atoms with Crippen molar-refractivity contribution >= 4 is 17.2 Å². The molecule has 0 atom stereocenters. The topological polar surface area (TPSA) is 42.3 Å². The van der Waals surface area contributed by atoms with E-state index in [0.717, 1.165) is 9.47 Å². The number of alkyl halides is 3. The van der Waals surface area contributed by atoms with Crippen molar-refractivity contribution < 1.29 is 18.0 Å². The Kier molecular flexibility index (Phi) is 5.25. The van der Waals surface area contributed by atoms with Gasteiger partial charge in [-0.2, -0.15) is 13.2 Å². The molecule has 0 radical (unpaired) electrons. The Hall–Kier alpha value is -2.09. The zero-order valence-corrected chi connectivity index (χ0v) is 13.2. The van der Waals surface area contributed by atoms with Crippen molar-refractivity contribution in [3.8, 4) is 0 Å². The molecule has 0 bridgehead atoms. The molecule has 0 aliphatic heterocycles. The minimum Gasteiger partial charge on any atom is -0.327 e. The van der Waals surface area contributed by atoms with Gasteiger partial charge in [0.1, 0.15) is 13.1 Å². The Labute approximate surface area is 134 Å². The predicted octanol–water partition coefficient (Wildman–Crippen LogP) is 2.81. The number of hydrogen-bond donors (Lipinski definition) is 0. The fourth-order valence-electron chi connectivity index (χ4n) is 2.07. The number of carbonyl (C=O) groups excluding carboxylic acids is 1. The van der Waals surface area contributed by atoms with Crippen molar-refractivity contribution in [2.24, 2.45) is 0 Å². The van der Waals surface area contributed by atoms with E-state index in [-0.39, 0.29) is 12.1 Å². The number of rotatable bonds is 5. The van der Waals surface area contributed by atoms with E-state index >= 15 is 0 Å². The summed E-state index contributed by atoms with van der Waals surface area (Å²) in [7, 11) is 0. The van der Waals surface area contributed by atoms with E-state index in [1.807, 2.05) is 0 Å². The van der Waals surface area contributed by atoms with E-state index in [4.69, 9.17) is 0 Å². The zero-order chi connectivity index (χ0) is 17.0. The second kappa shape index (κ2) is 6.99. The number of thiophene rings is 1. The monoisotopic (exact) mass is 344 g/mol. The van der Waals surface area contributed by atoms with Crippen LogP contribution in [0.15, 0.2) is 40.6 Å². The van der Waals surface area contributed by atoms with Crippen molar-refractivity contribution in [2.75, 3.05) is 6.54 Å². The summed E-state index contributed by atoms with van der Waals surface area (Å²) in [4.78, 5) is 25.5. The smallest absolute Gasteiger partial charge is 0.327 e. The van der Waals surface area contributed by atoms with Crippen molar-refractivity contribution in [2.45, 2.75) is 26.2 Å². The third-order valence-corrected chi connectivity index (χ3v) is 4.03. The van der Waals surface area contributed by atoms with Crippen LogP contribution in [0.4, 0.5) is 13.2 Å². The first kappa shape index (κ1) is 17.3. The summed E-state index contributed by atoms with van der Waals surface area (Å²) >= 11 is 1.28. The van der Waals surface area contributed by atoms with Crippen LogP contribution in [-0.2, 0) is 17.9 Å². The van der Waals surface area contributed by atoms with Gasteiger partial charge in [0.15, 0.2) is 0 Å². The first-order valence-corrected chi connectivity index (χ1v) is 7.67. The first-order valence-electron chi connectivity index (χ1n) is 6.79. The Morgan fingerprint density at radius 3 is 2.65 bits per heavy atom. The Balaban J connectivity index is 2.18. The van der Waals surface area contributed by atoms with Crippen LogP contribution in [0.1, 0.15) is 10.4 Å². The zero-order valence-electron chi connectivity index (χ0n) is 12.3. The Bertz CT molecular complexity index is 723. The maximum atomic E-state index is 12.7. The molecule has 2 rings (SSSR count). The molecule has 0 aliphatic carbocycles. The van der Waals surface area contributed by atoms with Crippen molar-refractivity contribution in [3.63, 3.8) is 0 Å². The molecule has 2 aromatic rings. The summed E-state index contributed by atoms with van der Waals surface area (Å²) < 4.78 is 39.3. The number of nitrogens with zero attached hydrogens (tertiary/aromatic N) is 2. The largest absolute Gasteiger partial charge is 0.406 e. The lowest BCUT2D eigenvalue weighted by Gasteiger charge is -2.24. The van der Waals surface area contributed by atoms with Crippen LogP contribution < -0.4 is 5.56 Å². The maximum absolute atomic E-state index is 12.7. The van der Waals surface area contributed by atoms with Gasteiger partial charge in [0.05, 0.1) is 6.54 Å². The third kappa shape index (κ3) is 4.95. The minimum atomic E-state index is -4.50. The van der Waals surface area contributed by atoms with Gasteiger partial charge in [-0.05, 0) is 24.4 Å². The number of pyridine rings is 1. The fraction of sp³-hybridized carbons (Fsp3) is 0.333. The van der Waals surface area contributed by atoms with Gasteiger partial charge >= 0.3 is 6.18 Å². The summed E-state index contributed by atoms with van der Waals surface area (Å²) in [5, 5.41) is 1.73. The molecule has 23 heavy (non-hydrogen) atoms. The molecular formula is C15H15F3N2O2S. The maximum Gasteiger partial charge on any atom is 0.406 e. The second-order valence-electron chi connectivity index (χ2n) is 5.07. The molecule has 2 heterocycles. The van der Waals surface area contributed by atoms with E-state index in [1.54, 1.807) is 36.6 Å². The van der Waals surface area contributed by atoms with Gasteiger partial charge < -0.3 is 9.47 Å². The molecule has 124 valence electrons. The average Bonchev–Trinajstić information content (AvgIpc) is 2.94. The summed E-state index contributed by atoms with van der Waals surface area (Å²) in [6, 6.07) is 6.54. The highest BCUT2D eigenvalue weighted by atomic mass is 32.1. The second-order valence-corrected chi connectivity index (χ2v) is 6.10. The molecule has 0 unspecified atom stereocenters. The van der Waals surface area contributed by atoms with Crippen LogP contribution in [0.5, 0.6) is 0 Å². The number of carbonyl (C=O) groups is 1. The van der Waals surface area contributed by atoms with Gasteiger partial charge in [-0.25, -0.2) is 0 Å². The molecule has 0 fully saturated rings. The number of hydrogen-bond acceptors (Lipinski definition) is 3. The highest BCUT2D eigenvalue weighted by Gasteiger charge is 2.33. The molecule has 0 saturated carbocycles. The SMILES string of the molecule is Cc1cccn(CC(=O)N(Cc2cccs2)CC(F)(F)F)c1=O. The van der Waals surface area contributed by atoms with Crippen LogP contribution in [0.2, 0.25) is 0 Å². The van der Waals surface area contributed by atoms with E-state index in [1.165, 1.54) is 17.5 Å². The summed E-state index contributed by atoms with van der Waals surface area (Å²) in [5.41, 5.74) is 0.0462. The van der Waals surface area contributed by atoms with Crippen LogP contribution >= 0.6 is 11.3 Å². The number of aromatic nitrogens is 1. The lowest BCUT2D eigenvalue weighted by molar-refractivity contribution is -0.162. The van der Waals surface area contributed by atoms with E-state index < -0.39 is 25.2 Å². The standard InChI is InChI=1S/C15H15F3N2O2S/c1-11-4-2-6-19(14(11)22)9-13(21)20(10-15(16,17)18)8-12-5-3-7-23-12/h2-7H,8-10H2,1H3. The molecule has 0 N–H and O–H groups in total. The van der Waals surface area contributed by atoms with Gasteiger partial charge in [0.25, 0.3) is 5.56 Å². The highest BCUT2D eigenvalue weighted by molar-refractivity contribution is 7.09. The lowest BCUT2D eigenvalue weighted by Crippen LogP contribution is -2.41. The quantitative estimate of drug-likeness (QED) is 0.837. The molecular weight excluding hydrogens is 329 g/mol. The number of amides is 1. The molecule has 1 amide bonds. The van der Waals surface area contributed by atoms with Gasteiger partial charge in [-0.3, -0.25) is 9.59 Å². The van der Waals surface area contributed by atoms with Gasteiger partial charge in [0, 0.05) is 16.6 Å². The number of aryl methyl sites for hydroxylation is 1. The van der Waals surface area contributed by atoms with Gasteiger partial charge in [-0.1, -0.05) is 12.1 Å². The summed E-state index contributed by atoms with van der Waals surface area (Å²) in [6.45, 7) is -0.300. The molecule has 0 spiro atoms. The first-order chi connectivity index (χ1) is 10.8. The van der Waals surface area contributed by atoms with Gasteiger partial charge in [0.2, 0.25) is 5.91 Å². The average molecular weight is 344 g/mol. The summed E-state index contributed by atoms with van der Waals surface area (Å²) in [5.74, 6) is -0.747. The van der Waals surface area contributed by atoms with Crippen molar-refractivity contribution in [3.05, 3.63) is 56.6 Å². The van der Waals surface area contributed by atoms with Crippen LogP contribution in [0.3, 0.4) is 0 Å². The normalized spacial score (nSPS) is 11.5. The molecule has 4 nitrogen and oxygen atoms in total. The highest BCUT2D eigenvalue weighted by Crippen LogP contribution is 2.20. The lowest BCUT2D eigenvalue weighted by atomic mass is 10.3. The molecule has 0 saturated heterocycles. The third-order valence-electron chi connectivity index (χ3n) is 3.17. The van der Waals surface area contributed by atoms with Crippen molar-refractivity contribution in [1.29, 1.82) is 0 Å².